The van der Waals surface area contributed by atoms with E-state index in [2.05, 4.69) is 20.6 Å². The number of hydrogen-bond donors (Lipinski definition) is 6. The van der Waals surface area contributed by atoms with E-state index in [-0.39, 0.29) is 25.5 Å². The van der Waals surface area contributed by atoms with Gasteiger partial charge in [0.15, 0.2) is 0 Å². The number of ether oxygens (including phenoxy) is 1. The van der Waals surface area contributed by atoms with E-state index in [4.69, 9.17) is 14.9 Å². The van der Waals surface area contributed by atoms with Crippen LogP contribution >= 0.6 is 0 Å². The molecule has 3 rings (SSSR count). The van der Waals surface area contributed by atoms with Gasteiger partial charge in [-0.1, -0.05) is 30.3 Å². The molecule has 0 aliphatic heterocycles. The first-order valence-electron chi connectivity index (χ1n) is 11.5. The number of benzene rings is 2. The first-order valence-corrected chi connectivity index (χ1v) is 11.5. The molecule has 3 atom stereocenters. The number of nitrogens with zero attached hydrogens (tertiary/aromatic N) is 2. The van der Waals surface area contributed by atoms with Crippen molar-refractivity contribution in [2.75, 3.05) is 25.1 Å². The quantitative estimate of drug-likeness (QED) is 0.209. The van der Waals surface area contributed by atoms with E-state index in [0.29, 0.717) is 11.6 Å². The van der Waals surface area contributed by atoms with Crippen LogP contribution in [0.1, 0.15) is 31.4 Å². The van der Waals surface area contributed by atoms with E-state index in [0.717, 1.165) is 16.5 Å². The van der Waals surface area contributed by atoms with Crippen LogP contribution in [0.4, 0.5) is 5.82 Å². The Balaban J connectivity index is 1.57. The van der Waals surface area contributed by atoms with Crippen molar-refractivity contribution in [2.24, 2.45) is 0 Å². The summed E-state index contributed by atoms with van der Waals surface area (Å²) < 4.78 is 5.71. The average Bonchev–Trinajstić information content (AvgIpc) is 2.86. The molecule has 0 saturated carbocycles. The molecule has 0 aliphatic carbocycles. The molecule has 3 aromatic rings. The average molecular weight is 485 g/mol. The molecular weight excluding hydrogens is 452 g/mol. The van der Waals surface area contributed by atoms with Crippen molar-refractivity contribution in [3.05, 3.63) is 60.4 Å². The summed E-state index contributed by atoms with van der Waals surface area (Å²) in [5, 5.41) is 44.9. The number of aliphatic hydroxyl groups excluding tert-OH is 4. The predicted molar refractivity (Wildman–Crippen MR) is 131 cm³/mol. The van der Waals surface area contributed by atoms with E-state index < -0.39 is 37.4 Å². The molecule has 10 nitrogen and oxygen atoms in total. The van der Waals surface area contributed by atoms with Crippen LogP contribution in [0.25, 0.3) is 10.9 Å². The smallest absolute Gasteiger partial charge is 0.222 e. The normalized spacial score (nSPS) is 13.9. The van der Waals surface area contributed by atoms with Gasteiger partial charge in [-0.15, -0.1) is 0 Å². The van der Waals surface area contributed by atoms with Gasteiger partial charge in [-0.3, -0.25) is 4.79 Å². The summed E-state index contributed by atoms with van der Waals surface area (Å²) in [6, 6.07) is 14.6. The highest BCUT2D eigenvalue weighted by Crippen LogP contribution is 2.27. The number of amides is 1. The van der Waals surface area contributed by atoms with Gasteiger partial charge in [-0.2, -0.15) is 0 Å². The van der Waals surface area contributed by atoms with Crippen molar-refractivity contribution in [2.45, 2.75) is 44.1 Å². The van der Waals surface area contributed by atoms with E-state index >= 15 is 0 Å². The Hall–Kier alpha value is -3.31. The highest BCUT2D eigenvalue weighted by molar-refractivity contribution is 5.90. The number of nitrogens with one attached hydrogen (secondary N) is 2. The first-order chi connectivity index (χ1) is 16.9. The van der Waals surface area contributed by atoms with E-state index in [9.17, 15) is 15.0 Å². The van der Waals surface area contributed by atoms with Gasteiger partial charge in [0, 0.05) is 17.8 Å². The van der Waals surface area contributed by atoms with Crippen molar-refractivity contribution in [3.8, 4) is 5.75 Å². The molecular formula is C25H32N4O6. The molecule has 10 heteroatoms. The third-order valence-corrected chi connectivity index (χ3v) is 5.47. The molecule has 6 N–H and O–H groups in total. The van der Waals surface area contributed by atoms with Crippen LogP contribution in [0, 0.1) is 0 Å². The molecule has 0 spiro atoms. The van der Waals surface area contributed by atoms with Gasteiger partial charge in [-0.05, 0) is 30.7 Å². The van der Waals surface area contributed by atoms with Crippen LogP contribution in [0.5, 0.6) is 5.75 Å². The largest absolute Gasteiger partial charge is 0.491 e. The zero-order valence-corrected chi connectivity index (χ0v) is 19.5. The van der Waals surface area contributed by atoms with E-state index in [1.807, 2.05) is 37.3 Å². The Morgan fingerprint density at radius 3 is 2.49 bits per heavy atom. The van der Waals surface area contributed by atoms with Crippen molar-refractivity contribution < 1.29 is 30.0 Å². The van der Waals surface area contributed by atoms with Gasteiger partial charge in [-0.25, -0.2) is 9.97 Å². The summed E-state index contributed by atoms with van der Waals surface area (Å²) in [7, 11) is 0. The predicted octanol–water partition coefficient (Wildman–Crippen LogP) is 1.15. The molecule has 3 unspecified atom stereocenters. The van der Waals surface area contributed by atoms with Crippen molar-refractivity contribution in [3.63, 3.8) is 0 Å². The topological polar surface area (TPSA) is 157 Å². The maximum Gasteiger partial charge on any atom is 0.222 e. The minimum absolute atomic E-state index is 0.0180. The summed E-state index contributed by atoms with van der Waals surface area (Å²) in [5.41, 5.74) is 1.85. The minimum atomic E-state index is -1.10. The molecule has 188 valence electrons. The Labute approximate surface area is 203 Å². The second-order valence-electron chi connectivity index (χ2n) is 8.37. The highest BCUT2D eigenvalue weighted by Gasteiger charge is 2.18. The Bertz CT molecular complexity index is 1080. The second-order valence-corrected chi connectivity index (χ2v) is 8.37. The van der Waals surface area contributed by atoms with Crippen LogP contribution < -0.4 is 15.4 Å². The maximum atomic E-state index is 11.8. The Morgan fingerprint density at radius 1 is 1.03 bits per heavy atom. The van der Waals surface area contributed by atoms with Gasteiger partial charge in [0.1, 0.15) is 24.5 Å². The van der Waals surface area contributed by atoms with Gasteiger partial charge in [0.05, 0.1) is 43.4 Å². The molecule has 0 saturated heterocycles. The number of aromatic nitrogens is 2. The van der Waals surface area contributed by atoms with Crippen LogP contribution in [-0.2, 0) is 4.79 Å². The summed E-state index contributed by atoms with van der Waals surface area (Å²) in [6.45, 7) is 1.14. The minimum Gasteiger partial charge on any atom is -0.491 e. The Kier molecular flexibility index (Phi) is 9.74. The fourth-order valence-corrected chi connectivity index (χ4v) is 3.58. The number of aliphatic hydroxyl groups is 4. The third-order valence-electron chi connectivity index (χ3n) is 5.47. The molecule has 1 amide bonds. The van der Waals surface area contributed by atoms with Crippen LogP contribution in [-0.4, -0.2) is 74.4 Å². The molecule has 0 bridgehead atoms. The van der Waals surface area contributed by atoms with Crippen LogP contribution in [0.15, 0.2) is 54.9 Å². The first kappa shape index (κ1) is 26.3. The molecule has 0 fully saturated rings. The molecule has 0 radical (unpaired) electrons. The molecule has 35 heavy (non-hydrogen) atoms. The lowest BCUT2D eigenvalue weighted by atomic mass is 10.1. The van der Waals surface area contributed by atoms with E-state index in [1.165, 1.54) is 6.33 Å². The number of fused-ring (bicyclic) bond motifs is 1. The summed E-state index contributed by atoms with van der Waals surface area (Å²) in [5.74, 6) is 0.628. The van der Waals surface area contributed by atoms with Gasteiger partial charge in [0.2, 0.25) is 5.91 Å². The number of carbonyl (C=O) groups is 1. The summed E-state index contributed by atoms with van der Waals surface area (Å²) in [6.07, 6.45) is -0.966. The summed E-state index contributed by atoms with van der Waals surface area (Å²) >= 11 is 0. The van der Waals surface area contributed by atoms with Crippen molar-refractivity contribution in [1.82, 2.24) is 15.3 Å². The van der Waals surface area contributed by atoms with Gasteiger partial charge in [0.25, 0.3) is 0 Å². The number of carbonyl (C=O) groups excluding carboxylic acids is 1. The lowest BCUT2D eigenvalue weighted by Gasteiger charge is -2.18. The van der Waals surface area contributed by atoms with E-state index in [1.54, 1.807) is 18.2 Å². The zero-order chi connectivity index (χ0) is 25.2. The molecule has 1 heterocycles. The van der Waals surface area contributed by atoms with Gasteiger partial charge >= 0.3 is 0 Å². The van der Waals surface area contributed by atoms with Crippen molar-refractivity contribution >= 4 is 22.6 Å². The monoisotopic (exact) mass is 484 g/mol. The number of hydrogen-bond acceptors (Lipinski definition) is 9. The maximum absolute atomic E-state index is 11.8. The fraction of sp³-hybridized carbons (Fsp3) is 0.400. The lowest BCUT2D eigenvalue weighted by Crippen LogP contribution is -2.41. The molecule has 0 aliphatic rings. The molecule has 1 aromatic heterocycles. The lowest BCUT2D eigenvalue weighted by molar-refractivity contribution is -0.124. The summed E-state index contributed by atoms with van der Waals surface area (Å²) in [4.78, 5) is 20.5. The fourth-order valence-electron chi connectivity index (χ4n) is 3.58. The van der Waals surface area contributed by atoms with Gasteiger partial charge < -0.3 is 35.8 Å². The van der Waals surface area contributed by atoms with Crippen LogP contribution in [0.2, 0.25) is 0 Å². The molecule has 2 aromatic carbocycles. The SMILES string of the molecule is CC(Nc1ncnc2ccc(OCC(O)CC(O)CC(=O)NC(CO)CO)cc12)c1ccccc1. The zero-order valence-electron chi connectivity index (χ0n) is 19.5. The highest BCUT2D eigenvalue weighted by atomic mass is 16.5. The number of rotatable bonds is 13. The third kappa shape index (κ3) is 7.86. The van der Waals surface area contributed by atoms with Crippen LogP contribution in [0.3, 0.4) is 0 Å². The number of anilines is 1. The van der Waals surface area contributed by atoms with Crippen molar-refractivity contribution in [1.29, 1.82) is 0 Å². The Morgan fingerprint density at radius 2 is 1.77 bits per heavy atom. The standard InChI is InChI=1S/C25H32N4O6/c1-16(17-5-3-2-4-6-17)28-25-22-11-21(7-8-23(22)26-15-27-25)35-14-20(33)9-19(32)10-24(34)29-18(12-30)13-31/h2-8,11,15-16,18-20,30-33H,9-10,12-14H2,1H3,(H,29,34)(H,26,27,28). The second kappa shape index (κ2) is 13.0.